The van der Waals surface area contributed by atoms with Crippen molar-refractivity contribution in [3.05, 3.63) is 65.5 Å². The molecule has 1 unspecified atom stereocenters. The van der Waals surface area contributed by atoms with Crippen LogP contribution in [0.1, 0.15) is 30.9 Å². The van der Waals surface area contributed by atoms with Crippen molar-refractivity contribution in [2.24, 2.45) is 10.2 Å². The molecule has 1 fully saturated rings. The minimum absolute atomic E-state index is 0.0227. The van der Waals surface area contributed by atoms with Gasteiger partial charge >= 0.3 is 0 Å². The molecule has 0 saturated carbocycles. The fourth-order valence-corrected chi connectivity index (χ4v) is 5.37. The second-order valence-electron chi connectivity index (χ2n) is 7.84. The summed E-state index contributed by atoms with van der Waals surface area (Å²) in [5.41, 5.74) is 1.21. The molecule has 2 aromatic carbocycles. The Morgan fingerprint density at radius 1 is 1.24 bits per heavy atom. The molecule has 1 heterocycles. The zero-order valence-electron chi connectivity index (χ0n) is 19.1. The van der Waals surface area contributed by atoms with E-state index in [9.17, 15) is 13.0 Å². The molecule has 0 spiro atoms. The summed E-state index contributed by atoms with van der Waals surface area (Å²) in [4.78, 5) is 2.33. The zero-order chi connectivity index (χ0) is 24.5. The van der Waals surface area contributed by atoms with E-state index in [0.29, 0.717) is 5.56 Å². The van der Waals surface area contributed by atoms with Crippen LogP contribution in [0.4, 0.5) is 18.9 Å². The first-order valence-corrected chi connectivity index (χ1v) is 12.3. The third-order valence-corrected chi connectivity index (χ3v) is 7.47. The van der Waals surface area contributed by atoms with Gasteiger partial charge in [-0.3, -0.25) is 4.31 Å². The van der Waals surface area contributed by atoms with Gasteiger partial charge < -0.3 is 9.64 Å². The van der Waals surface area contributed by atoms with E-state index in [1.165, 1.54) is 12.1 Å². The predicted octanol–water partition coefficient (Wildman–Crippen LogP) is 4.62. The third-order valence-electron chi connectivity index (χ3n) is 5.65. The van der Waals surface area contributed by atoms with Gasteiger partial charge in [0.25, 0.3) is 6.43 Å². The van der Waals surface area contributed by atoms with Crippen molar-refractivity contribution in [1.29, 1.82) is 0 Å². The molecule has 6 nitrogen and oxygen atoms in total. The summed E-state index contributed by atoms with van der Waals surface area (Å²) < 4.78 is 60.4. The molecule has 10 heteroatoms. The van der Waals surface area contributed by atoms with Crippen molar-refractivity contribution in [2.75, 3.05) is 30.5 Å². The highest BCUT2D eigenvalue weighted by molar-refractivity contribution is 7.87. The van der Waals surface area contributed by atoms with E-state index in [-0.39, 0.29) is 23.3 Å². The lowest BCUT2D eigenvalue weighted by Gasteiger charge is -2.34. The Morgan fingerprint density at radius 3 is 2.53 bits per heavy atom. The topological polar surface area (TPSA) is 57.5 Å². The highest BCUT2D eigenvalue weighted by Crippen LogP contribution is 2.26. The number of likely N-dealkylation sites (tertiary alicyclic amines) is 1. The highest BCUT2D eigenvalue weighted by Gasteiger charge is 2.28. The highest BCUT2D eigenvalue weighted by atomic mass is 32.2. The molecule has 1 saturated heterocycles. The van der Waals surface area contributed by atoms with Crippen molar-refractivity contribution in [3.63, 3.8) is 0 Å². The number of ether oxygens (including phenoxy) is 1. The monoisotopic (exact) mass is 494 g/mol. The lowest BCUT2D eigenvalue weighted by atomic mass is 10.1. The second-order valence-corrected chi connectivity index (χ2v) is 9.50. The molecule has 0 aromatic heterocycles. The molecule has 0 bridgehead atoms. The van der Waals surface area contributed by atoms with Crippen LogP contribution in [0.3, 0.4) is 0 Å². The second kappa shape index (κ2) is 12.7. The maximum absolute atomic E-state index is 15.1. The Bertz CT molecular complexity index is 999. The van der Waals surface area contributed by atoms with E-state index in [4.69, 9.17) is 4.74 Å². The van der Waals surface area contributed by atoms with Gasteiger partial charge in [0, 0.05) is 23.5 Å². The number of alkyl halides is 2. The number of hydrogen-bond acceptors (Lipinski definition) is 5. The van der Waals surface area contributed by atoms with Crippen molar-refractivity contribution < 1.29 is 22.1 Å². The summed E-state index contributed by atoms with van der Waals surface area (Å²) in [7, 11) is -1.36. The Hall–Kier alpha value is -2.72. The number of para-hydroxylation sites is 1. The molecule has 1 aliphatic rings. The van der Waals surface area contributed by atoms with Gasteiger partial charge in [-0.1, -0.05) is 31.2 Å². The number of piperidine rings is 1. The Morgan fingerprint density at radius 2 is 1.94 bits per heavy atom. The summed E-state index contributed by atoms with van der Waals surface area (Å²) in [5.74, 6) is -0.833. The predicted molar refractivity (Wildman–Crippen MR) is 130 cm³/mol. The molecule has 184 valence electrons. The minimum Gasteiger partial charge on any atom is -0.470 e. The third kappa shape index (κ3) is 6.89. The zero-order valence-corrected chi connectivity index (χ0v) is 19.9. The van der Waals surface area contributed by atoms with Gasteiger partial charge in [-0.2, -0.15) is 5.10 Å². The molecule has 0 radical (unpaired) electrons. The number of anilines is 1. The molecule has 34 heavy (non-hydrogen) atoms. The van der Waals surface area contributed by atoms with E-state index in [1.54, 1.807) is 4.31 Å². The van der Waals surface area contributed by atoms with Crippen LogP contribution in [0.15, 0.2) is 58.7 Å². The Kier molecular flexibility index (Phi) is 9.64. The molecule has 0 N–H and O–H groups in total. The smallest absolute Gasteiger partial charge is 0.272 e. The Balaban J connectivity index is 1.83. The molecule has 2 aromatic rings. The van der Waals surface area contributed by atoms with E-state index < -0.39 is 29.8 Å². The molecular weight excluding hydrogens is 465 g/mol. The lowest BCUT2D eigenvalue weighted by molar-refractivity contribution is 0.0765. The van der Waals surface area contributed by atoms with Crippen LogP contribution >= 0.6 is 0 Å². The van der Waals surface area contributed by atoms with Gasteiger partial charge in [0.05, 0.1) is 11.8 Å². The molecule has 1 aliphatic heterocycles. The normalized spacial score (nSPS) is 16.4. The van der Waals surface area contributed by atoms with Crippen LogP contribution in [0.5, 0.6) is 0 Å². The molecule has 0 amide bonds. The molecule has 0 aliphatic carbocycles. The average Bonchev–Trinajstić information content (AvgIpc) is 2.86. The summed E-state index contributed by atoms with van der Waals surface area (Å²) in [6.45, 7) is 7.24. The fourth-order valence-electron chi connectivity index (χ4n) is 3.80. The largest absolute Gasteiger partial charge is 0.470 e. The van der Waals surface area contributed by atoms with Gasteiger partial charge in [-0.05, 0) is 56.7 Å². The number of hydrogen-bond donors (Lipinski definition) is 0. The number of benzene rings is 2. The average molecular weight is 495 g/mol. The van der Waals surface area contributed by atoms with E-state index in [2.05, 4.69) is 28.7 Å². The summed E-state index contributed by atoms with van der Waals surface area (Å²) in [6.07, 6.45) is -1.10. The van der Waals surface area contributed by atoms with Gasteiger partial charge in [0.15, 0.2) is 6.61 Å². The number of rotatable bonds is 10. The number of nitrogens with zero attached hydrogens (tertiary/aromatic N) is 4. The Labute approximate surface area is 200 Å². The van der Waals surface area contributed by atoms with Crippen molar-refractivity contribution >= 4 is 29.3 Å². The van der Waals surface area contributed by atoms with Gasteiger partial charge in [0.2, 0.25) is 5.90 Å². The van der Waals surface area contributed by atoms with Crippen LogP contribution in [0.2, 0.25) is 0 Å². The molecular formula is C24H29F3N4O2S. The van der Waals surface area contributed by atoms with Crippen LogP contribution < -0.4 is 4.31 Å². The first-order valence-electron chi connectivity index (χ1n) is 11.1. The van der Waals surface area contributed by atoms with Gasteiger partial charge in [-0.15, -0.1) is 5.10 Å². The van der Waals surface area contributed by atoms with E-state index in [1.807, 2.05) is 30.3 Å². The SMILES string of the molecule is C=N/N=C(\OCC(F)F)c1ccc(CN(c2ccccc2)S(=O)C2CCN(CC)CC2)c(F)c1. The van der Waals surface area contributed by atoms with Crippen molar-refractivity contribution in [3.8, 4) is 0 Å². The van der Waals surface area contributed by atoms with Crippen LogP contribution in [0, 0.1) is 5.82 Å². The lowest BCUT2D eigenvalue weighted by Crippen LogP contribution is -2.42. The van der Waals surface area contributed by atoms with Crippen molar-refractivity contribution in [2.45, 2.75) is 38.0 Å². The standard InChI is InChI=1S/C24H29F3N4O2S/c1-3-30-13-11-21(12-14-30)34(32)31(20-7-5-4-6-8-20)16-19-10-9-18(15-22(19)25)24(29-28-2)33-17-23(26)27/h4-10,15,21,23H,2-3,11-14,16-17H2,1H3/b29-24-. The first kappa shape index (κ1) is 25.9. The van der Waals surface area contributed by atoms with E-state index >= 15 is 4.39 Å². The molecule has 3 rings (SSSR count). The van der Waals surface area contributed by atoms with Crippen LogP contribution in [0.25, 0.3) is 0 Å². The summed E-state index contributed by atoms with van der Waals surface area (Å²) in [5, 5.41) is 6.88. The van der Waals surface area contributed by atoms with Gasteiger partial charge in [0.1, 0.15) is 16.8 Å². The summed E-state index contributed by atoms with van der Waals surface area (Å²) >= 11 is 0. The minimum atomic E-state index is -2.71. The first-order chi connectivity index (χ1) is 16.4. The summed E-state index contributed by atoms with van der Waals surface area (Å²) in [6, 6.07) is 13.5. The fraction of sp³-hybridized carbons (Fsp3) is 0.417. The van der Waals surface area contributed by atoms with Gasteiger partial charge in [-0.25, -0.2) is 17.4 Å². The van der Waals surface area contributed by atoms with Crippen LogP contribution in [-0.2, 0) is 22.3 Å². The number of halogens is 3. The molecule has 1 atom stereocenters. The van der Waals surface area contributed by atoms with Crippen molar-refractivity contribution in [1.82, 2.24) is 4.90 Å². The maximum atomic E-state index is 15.1. The maximum Gasteiger partial charge on any atom is 0.272 e. The quantitative estimate of drug-likeness (QED) is 0.275. The van der Waals surface area contributed by atoms with Crippen LogP contribution in [-0.4, -0.2) is 59.6 Å². The van der Waals surface area contributed by atoms with E-state index in [0.717, 1.165) is 44.2 Å².